The van der Waals surface area contributed by atoms with Gasteiger partial charge in [0.05, 0.1) is 17.8 Å². The Morgan fingerprint density at radius 1 is 1.03 bits per heavy atom. The van der Waals surface area contributed by atoms with Crippen LogP contribution in [0.5, 0.6) is 0 Å². The van der Waals surface area contributed by atoms with Crippen LogP contribution in [0.15, 0.2) is 54.6 Å². The molecule has 0 saturated carbocycles. The van der Waals surface area contributed by atoms with Crippen molar-refractivity contribution in [3.05, 3.63) is 82.7 Å². The van der Waals surface area contributed by atoms with Crippen molar-refractivity contribution < 1.29 is 14.7 Å². The van der Waals surface area contributed by atoms with Crippen molar-refractivity contribution in [2.75, 3.05) is 0 Å². The monoisotopic (exact) mass is 389 g/mol. The van der Waals surface area contributed by atoms with E-state index in [1.807, 2.05) is 73.1 Å². The van der Waals surface area contributed by atoms with E-state index in [0.717, 1.165) is 33.8 Å². The van der Waals surface area contributed by atoms with Gasteiger partial charge in [0, 0.05) is 24.2 Å². The van der Waals surface area contributed by atoms with Crippen molar-refractivity contribution in [3.8, 4) is 5.69 Å². The number of aryl methyl sites for hydroxylation is 1. The molecule has 6 nitrogen and oxygen atoms in total. The molecule has 1 aliphatic heterocycles. The molecule has 6 heteroatoms. The van der Waals surface area contributed by atoms with Gasteiger partial charge in [-0.25, -0.2) is 9.48 Å². The Bertz CT molecular complexity index is 1070. The minimum atomic E-state index is -0.971. The first kappa shape index (κ1) is 18.9. The fraction of sp³-hybridized carbons (Fsp3) is 0.261. The molecule has 0 spiro atoms. The van der Waals surface area contributed by atoms with E-state index in [-0.39, 0.29) is 12.3 Å². The molecule has 29 heavy (non-hydrogen) atoms. The molecule has 0 aliphatic carbocycles. The molecule has 1 aromatic heterocycles. The Kier molecular flexibility index (Phi) is 4.92. The summed E-state index contributed by atoms with van der Waals surface area (Å²) in [4.78, 5) is 26.5. The molecule has 1 unspecified atom stereocenters. The summed E-state index contributed by atoms with van der Waals surface area (Å²) in [5, 5.41) is 14.3. The van der Waals surface area contributed by atoms with Gasteiger partial charge in [0.1, 0.15) is 6.04 Å². The lowest BCUT2D eigenvalue weighted by atomic mass is 9.93. The standard InChI is InChI=1S/C23H23N3O3/c1-15-20(16(2)26(24-15)19-10-4-3-5-11-19)13-22(27)25-14-18-9-7-6-8-17(18)12-21(25)23(28)29/h3-11,21H,12-14H2,1-2H3,(H,28,29). The van der Waals surface area contributed by atoms with Gasteiger partial charge in [-0.2, -0.15) is 5.10 Å². The number of carboxylic acids is 1. The third-order valence-corrected chi connectivity index (χ3v) is 5.62. The number of rotatable bonds is 4. The van der Waals surface area contributed by atoms with Crippen LogP contribution in [0.25, 0.3) is 5.69 Å². The first-order chi connectivity index (χ1) is 14.0. The molecule has 0 radical (unpaired) electrons. The predicted molar refractivity (Wildman–Crippen MR) is 109 cm³/mol. The number of hydrogen-bond donors (Lipinski definition) is 1. The number of aromatic nitrogens is 2. The fourth-order valence-corrected chi connectivity index (χ4v) is 4.01. The van der Waals surface area contributed by atoms with Crippen LogP contribution in [0.1, 0.15) is 28.1 Å². The van der Waals surface area contributed by atoms with E-state index in [4.69, 9.17) is 0 Å². The number of nitrogens with zero attached hydrogens (tertiary/aromatic N) is 3. The minimum Gasteiger partial charge on any atom is -0.480 e. The predicted octanol–water partition coefficient (Wildman–Crippen LogP) is 3.07. The maximum atomic E-state index is 13.2. The molecule has 0 bridgehead atoms. The molecule has 1 atom stereocenters. The highest BCUT2D eigenvalue weighted by Crippen LogP contribution is 2.26. The summed E-state index contributed by atoms with van der Waals surface area (Å²) < 4.78 is 1.83. The Balaban J connectivity index is 1.62. The fourth-order valence-electron chi connectivity index (χ4n) is 4.01. The molecule has 4 rings (SSSR count). The molecule has 1 amide bonds. The van der Waals surface area contributed by atoms with Crippen molar-refractivity contribution in [2.24, 2.45) is 0 Å². The third kappa shape index (κ3) is 3.53. The van der Waals surface area contributed by atoms with Gasteiger partial charge in [-0.1, -0.05) is 42.5 Å². The third-order valence-electron chi connectivity index (χ3n) is 5.62. The van der Waals surface area contributed by atoms with E-state index < -0.39 is 12.0 Å². The highest BCUT2D eigenvalue weighted by Gasteiger charge is 2.35. The van der Waals surface area contributed by atoms with Crippen molar-refractivity contribution in [2.45, 2.75) is 39.3 Å². The van der Waals surface area contributed by atoms with Crippen molar-refractivity contribution in [1.29, 1.82) is 0 Å². The molecule has 2 heterocycles. The van der Waals surface area contributed by atoms with Crippen molar-refractivity contribution >= 4 is 11.9 Å². The van der Waals surface area contributed by atoms with Crippen LogP contribution >= 0.6 is 0 Å². The highest BCUT2D eigenvalue weighted by atomic mass is 16.4. The molecule has 0 fully saturated rings. The van der Waals surface area contributed by atoms with Crippen LogP contribution in [0.2, 0.25) is 0 Å². The van der Waals surface area contributed by atoms with Gasteiger partial charge >= 0.3 is 5.97 Å². The zero-order chi connectivity index (χ0) is 20.5. The van der Waals surface area contributed by atoms with Gasteiger partial charge in [-0.3, -0.25) is 4.79 Å². The Morgan fingerprint density at radius 3 is 2.38 bits per heavy atom. The van der Waals surface area contributed by atoms with Gasteiger partial charge in [-0.15, -0.1) is 0 Å². The second-order valence-corrected chi connectivity index (χ2v) is 7.42. The second-order valence-electron chi connectivity index (χ2n) is 7.42. The van der Waals surface area contributed by atoms with Crippen molar-refractivity contribution in [1.82, 2.24) is 14.7 Å². The molecule has 1 N–H and O–H groups in total. The first-order valence-electron chi connectivity index (χ1n) is 9.65. The molecule has 0 saturated heterocycles. The quantitative estimate of drug-likeness (QED) is 0.744. The number of carbonyl (C=O) groups is 2. The summed E-state index contributed by atoms with van der Waals surface area (Å²) in [6.45, 7) is 4.14. The summed E-state index contributed by atoms with van der Waals surface area (Å²) in [5.41, 5.74) is 5.46. The summed E-state index contributed by atoms with van der Waals surface area (Å²) in [7, 11) is 0. The van der Waals surface area contributed by atoms with E-state index in [1.165, 1.54) is 4.90 Å². The van der Waals surface area contributed by atoms with Crippen LogP contribution in [-0.2, 0) is 29.0 Å². The lowest BCUT2D eigenvalue weighted by Crippen LogP contribution is -2.49. The van der Waals surface area contributed by atoms with E-state index >= 15 is 0 Å². The van der Waals surface area contributed by atoms with E-state index in [2.05, 4.69) is 5.10 Å². The summed E-state index contributed by atoms with van der Waals surface area (Å²) in [6, 6.07) is 16.6. The zero-order valence-corrected chi connectivity index (χ0v) is 16.5. The van der Waals surface area contributed by atoms with Crippen LogP contribution in [0.3, 0.4) is 0 Å². The largest absolute Gasteiger partial charge is 0.480 e. The first-order valence-corrected chi connectivity index (χ1v) is 9.65. The average molecular weight is 389 g/mol. The van der Waals surface area contributed by atoms with Crippen LogP contribution in [0, 0.1) is 13.8 Å². The Hall–Kier alpha value is -3.41. The Labute approximate surface area is 169 Å². The minimum absolute atomic E-state index is 0.135. The van der Waals surface area contributed by atoms with Gasteiger partial charge in [0.15, 0.2) is 0 Å². The number of fused-ring (bicyclic) bond motifs is 1. The number of hydrogen-bond acceptors (Lipinski definition) is 3. The van der Waals surface area contributed by atoms with E-state index in [0.29, 0.717) is 13.0 Å². The number of carboxylic acid groups (broad SMARTS) is 1. The SMILES string of the molecule is Cc1nn(-c2ccccc2)c(C)c1CC(=O)N1Cc2ccccc2CC1C(=O)O. The smallest absolute Gasteiger partial charge is 0.326 e. The number of para-hydroxylation sites is 1. The van der Waals surface area contributed by atoms with Gasteiger partial charge in [-0.05, 0) is 37.1 Å². The number of amides is 1. The number of aliphatic carboxylic acids is 1. The maximum absolute atomic E-state index is 13.2. The number of benzene rings is 2. The van der Waals surface area contributed by atoms with Crippen LogP contribution in [-0.4, -0.2) is 37.7 Å². The second kappa shape index (κ2) is 7.54. The lowest BCUT2D eigenvalue weighted by molar-refractivity contribution is -0.151. The van der Waals surface area contributed by atoms with Crippen molar-refractivity contribution in [3.63, 3.8) is 0 Å². The van der Waals surface area contributed by atoms with Crippen LogP contribution < -0.4 is 0 Å². The van der Waals surface area contributed by atoms with Gasteiger partial charge < -0.3 is 10.0 Å². The molecule has 3 aromatic rings. The van der Waals surface area contributed by atoms with Gasteiger partial charge in [0.25, 0.3) is 0 Å². The molecular formula is C23H23N3O3. The molecule has 1 aliphatic rings. The molecule has 2 aromatic carbocycles. The van der Waals surface area contributed by atoms with E-state index in [1.54, 1.807) is 0 Å². The Morgan fingerprint density at radius 2 is 1.69 bits per heavy atom. The number of carbonyl (C=O) groups excluding carboxylic acids is 1. The molecular weight excluding hydrogens is 366 g/mol. The summed E-state index contributed by atoms with van der Waals surface area (Å²) in [5.74, 6) is -1.16. The lowest BCUT2D eigenvalue weighted by Gasteiger charge is -2.34. The zero-order valence-electron chi connectivity index (χ0n) is 16.5. The van der Waals surface area contributed by atoms with E-state index in [9.17, 15) is 14.7 Å². The molecule has 148 valence electrons. The highest BCUT2D eigenvalue weighted by molar-refractivity contribution is 5.86. The summed E-state index contributed by atoms with van der Waals surface area (Å²) in [6.07, 6.45) is 0.467. The topological polar surface area (TPSA) is 75.4 Å². The van der Waals surface area contributed by atoms with Gasteiger partial charge in [0.2, 0.25) is 5.91 Å². The average Bonchev–Trinajstić information content (AvgIpc) is 3.01. The maximum Gasteiger partial charge on any atom is 0.326 e. The summed E-state index contributed by atoms with van der Waals surface area (Å²) >= 11 is 0. The van der Waals surface area contributed by atoms with Crippen LogP contribution in [0.4, 0.5) is 0 Å². The normalized spacial score (nSPS) is 15.8.